The van der Waals surface area contributed by atoms with Gasteiger partial charge in [0, 0.05) is 0 Å². The van der Waals surface area contributed by atoms with Crippen molar-refractivity contribution in [3.8, 4) is 0 Å². The van der Waals surface area contributed by atoms with E-state index in [0.29, 0.717) is 0 Å². The Balaban J connectivity index is 3.12. The van der Waals surface area contributed by atoms with Crippen molar-refractivity contribution in [1.29, 1.82) is 0 Å². The molecule has 2 heteroatoms. The highest BCUT2D eigenvalue weighted by Crippen LogP contribution is 2.20. The van der Waals surface area contributed by atoms with E-state index in [1.807, 2.05) is 12.3 Å². The van der Waals surface area contributed by atoms with Crippen LogP contribution in [0.5, 0.6) is 0 Å². The molecular weight excluding hydrogens is 144 g/mol. The van der Waals surface area contributed by atoms with Crippen molar-refractivity contribution in [2.45, 2.75) is 20.3 Å². The normalized spacial score (nSPS) is 9.80. The van der Waals surface area contributed by atoms with Crippen molar-refractivity contribution in [2.24, 2.45) is 0 Å². The molecule has 1 heterocycles. The van der Waals surface area contributed by atoms with Gasteiger partial charge in [-0.15, -0.1) is 11.3 Å². The number of rotatable bonds is 2. The zero-order valence-corrected chi connectivity index (χ0v) is 6.99. The minimum atomic E-state index is 0.889. The van der Waals surface area contributed by atoms with E-state index in [0.717, 1.165) is 17.6 Å². The van der Waals surface area contributed by atoms with Crippen LogP contribution in [0.1, 0.15) is 27.7 Å². The molecule has 1 aromatic rings. The Bertz CT molecular complexity index is 237. The van der Waals surface area contributed by atoms with Gasteiger partial charge in [0.15, 0.2) is 6.29 Å². The van der Waals surface area contributed by atoms with Crippen LogP contribution in [-0.4, -0.2) is 6.29 Å². The summed E-state index contributed by atoms with van der Waals surface area (Å²) < 4.78 is 0. The van der Waals surface area contributed by atoms with Gasteiger partial charge in [0.1, 0.15) is 0 Å². The molecule has 0 aliphatic heterocycles. The van der Waals surface area contributed by atoms with E-state index in [2.05, 4.69) is 6.92 Å². The lowest BCUT2D eigenvalue weighted by atomic mass is 10.1. The van der Waals surface area contributed by atoms with Gasteiger partial charge < -0.3 is 0 Å². The maximum Gasteiger partial charge on any atom is 0.160 e. The minimum absolute atomic E-state index is 0.889. The molecule has 0 radical (unpaired) electrons. The van der Waals surface area contributed by atoms with Crippen molar-refractivity contribution in [3.05, 3.63) is 21.4 Å². The first-order valence-electron chi connectivity index (χ1n) is 3.31. The minimum Gasteiger partial charge on any atom is -0.297 e. The van der Waals surface area contributed by atoms with Crippen LogP contribution >= 0.6 is 11.3 Å². The third-order valence-corrected chi connectivity index (χ3v) is 2.66. The van der Waals surface area contributed by atoms with Crippen LogP contribution in [0.2, 0.25) is 0 Å². The molecule has 0 saturated heterocycles. The molecule has 0 aromatic carbocycles. The number of carbonyl (C=O) groups excluding carboxylic acids is 1. The van der Waals surface area contributed by atoms with Gasteiger partial charge in [-0.05, 0) is 29.9 Å². The topological polar surface area (TPSA) is 17.1 Å². The molecule has 54 valence electrons. The summed E-state index contributed by atoms with van der Waals surface area (Å²) in [4.78, 5) is 11.3. The number of aryl methyl sites for hydroxylation is 1. The van der Waals surface area contributed by atoms with E-state index < -0.39 is 0 Å². The Morgan fingerprint density at radius 2 is 2.40 bits per heavy atom. The maximum absolute atomic E-state index is 10.4. The first-order chi connectivity index (χ1) is 4.79. The third-order valence-electron chi connectivity index (χ3n) is 1.60. The van der Waals surface area contributed by atoms with Crippen LogP contribution in [0.3, 0.4) is 0 Å². The first-order valence-corrected chi connectivity index (χ1v) is 4.19. The third kappa shape index (κ3) is 1.12. The molecular formula is C8H10OS. The van der Waals surface area contributed by atoms with Gasteiger partial charge in [0.25, 0.3) is 0 Å². The summed E-state index contributed by atoms with van der Waals surface area (Å²) in [5.74, 6) is 0. The number of thiophene rings is 1. The highest BCUT2D eigenvalue weighted by Gasteiger charge is 2.03. The van der Waals surface area contributed by atoms with E-state index in [-0.39, 0.29) is 0 Å². The van der Waals surface area contributed by atoms with Crippen molar-refractivity contribution in [3.63, 3.8) is 0 Å². The van der Waals surface area contributed by atoms with E-state index in [1.54, 1.807) is 0 Å². The fourth-order valence-corrected chi connectivity index (χ4v) is 1.99. The molecule has 0 N–H and O–H groups in total. The van der Waals surface area contributed by atoms with Crippen LogP contribution in [0.4, 0.5) is 0 Å². The fourth-order valence-electron chi connectivity index (χ4n) is 1.04. The summed E-state index contributed by atoms with van der Waals surface area (Å²) in [6, 6.07) is 0. The predicted molar refractivity (Wildman–Crippen MR) is 43.8 cm³/mol. The molecule has 0 bridgehead atoms. The lowest BCUT2D eigenvalue weighted by molar-refractivity contribution is 0.112. The standard InChI is InChI=1S/C8H10OS/c1-3-7-6(2)5-10-8(7)4-9/h4-5H,3H2,1-2H3. The average Bonchev–Trinajstić information content (AvgIpc) is 2.30. The Hall–Kier alpha value is -0.630. The smallest absolute Gasteiger partial charge is 0.160 e. The number of aldehydes is 1. The van der Waals surface area contributed by atoms with E-state index in [9.17, 15) is 4.79 Å². The molecule has 0 saturated carbocycles. The molecule has 1 rings (SSSR count). The maximum atomic E-state index is 10.4. The molecule has 0 atom stereocenters. The van der Waals surface area contributed by atoms with Crippen molar-refractivity contribution in [2.75, 3.05) is 0 Å². The highest BCUT2D eigenvalue weighted by atomic mass is 32.1. The van der Waals surface area contributed by atoms with Gasteiger partial charge in [-0.3, -0.25) is 4.79 Å². The van der Waals surface area contributed by atoms with Gasteiger partial charge in [-0.25, -0.2) is 0 Å². The summed E-state index contributed by atoms with van der Waals surface area (Å²) >= 11 is 1.53. The van der Waals surface area contributed by atoms with E-state index in [4.69, 9.17) is 0 Å². The SMILES string of the molecule is CCc1c(C)csc1C=O. The lowest BCUT2D eigenvalue weighted by Crippen LogP contribution is -1.84. The fraction of sp³-hybridized carbons (Fsp3) is 0.375. The van der Waals surface area contributed by atoms with Gasteiger partial charge in [-0.1, -0.05) is 6.92 Å². The van der Waals surface area contributed by atoms with Gasteiger partial charge in [0.2, 0.25) is 0 Å². The average molecular weight is 154 g/mol. The second kappa shape index (κ2) is 2.97. The molecule has 0 aliphatic rings. The van der Waals surface area contributed by atoms with Crippen LogP contribution in [0.25, 0.3) is 0 Å². The molecule has 1 aromatic heterocycles. The monoisotopic (exact) mass is 154 g/mol. The summed E-state index contributed by atoms with van der Waals surface area (Å²) in [5.41, 5.74) is 2.45. The summed E-state index contributed by atoms with van der Waals surface area (Å²) in [6.07, 6.45) is 1.90. The number of hydrogen-bond donors (Lipinski definition) is 0. The lowest BCUT2D eigenvalue weighted by Gasteiger charge is -1.92. The second-order valence-corrected chi connectivity index (χ2v) is 3.14. The Morgan fingerprint density at radius 1 is 1.70 bits per heavy atom. The zero-order chi connectivity index (χ0) is 7.56. The second-order valence-electron chi connectivity index (χ2n) is 2.23. The Morgan fingerprint density at radius 3 is 2.80 bits per heavy atom. The van der Waals surface area contributed by atoms with Gasteiger partial charge in [0.05, 0.1) is 4.88 Å². The molecule has 1 nitrogen and oxygen atoms in total. The first kappa shape index (κ1) is 7.48. The molecule has 0 unspecified atom stereocenters. The zero-order valence-electron chi connectivity index (χ0n) is 6.18. The van der Waals surface area contributed by atoms with Crippen LogP contribution in [-0.2, 0) is 6.42 Å². The largest absolute Gasteiger partial charge is 0.297 e. The number of carbonyl (C=O) groups is 1. The van der Waals surface area contributed by atoms with Crippen molar-refractivity contribution < 1.29 is 4.79 Å². The van der Waals surface area contributed by atoms with Crippen molar-refractivity contribution in [1.82, 2.24) is 0 Å². The van der Waals surface area contributed by atoms with Crippen molar-refractivity contribution >= 4 is 17.6 Å². The van der Waals surface area contributed by atoms with E-state index >= 15 is 0 Å². The summed E-state index contributed by atoms with van der Waals surface area (Å²) in [6.45, 7) is 4.12. The molecule has 0 spiro atoms. The van der Waals surface area contributed by atoms with Crippen LogP contribution in [0.15, 0.2) is 5.38 Å². The predicted octanol–water partition coefficient (Wildman–Crippen LogP) is 2.43. The molecule has 0 amide bonds. The highest BCUT2D eigenvalue weighted by molar-refractivity contribution is 7.12. The van der Waals surface area contributed by atoms with Crippen LogP contribution in [0, 0.1) is 6.92 Å². The quantitative estimate of drug-likeness (QED) is 0.598. The molecule has 0 fully saturated rings. The summed E-state index contributed by atoms with van der Waals surface area (Å²) in [7, 11) is 0. The van der Waals surface area contributed by atoms with E-state index in [1.165, 1.54) is 22.5 Å². The Kier molecular flexibility index (Phi) is 2.22. The Labute approximate surface area is 64.7 Å². The summed E-state index contributed by atoms with van der Waals surface area (Å²) in [5, 5.41) is 2.03. The molecule has 10 heavy (non-hydrogen) atoms. The molecule has 0 aliphatic carbocycles. The van der Waals surface area contributed by atoms with Crippen LogP contribution < -0.4 is 0 Å². The van der Waals surface area contributed by atoms with Gasteiger partial charge in [-0.2, -0.15) is 0 Å². The van der Waals surface area contributed by atoms with Gasteiger partial charge >= 0.3 is 0 Å². The number of hydrogen-bond acceptors (Lipinski definition) is 2.